The molecule has 1 atom stereocenters. The molecule has 2 fully saturated rings. The SMILES string of the molecule is O=C1CCNCCN1CC1CCCCN1. The fourth-order valence-electron chi connectivity index (χ4n) is 2.36. The summed E-state index contributed by atoms with van der Waals surface area (Å²) in [6.07, 6.45) is 4.47. The Balaban J connectivity index is 1.82. The van der Waals surface area contributed by atoms with Gasteiger partial charge >= 0.3 is 0 Å². The van der Waals surface area contributed by atoms with Gasteiger partial charge in [-0.05, 0) is 19.4 Å². The van der Waals surface area contributed by atoms with Crippen molar-refractivity contribution in [3.05, 3.63) is 0 Å². The van der Waals surface area contributed by atoms with Crippen molar-refractivity contribution >= 4 is 5.91 Å². The molecule has 0 aliphatic carbocycles. The summed E-state index contributed by atoms with van der Waals surface area (Å²) in [6.45, 7) is 4.67. The van der Waals surface area contributed by atoms with Gasteiger partial charge in [0.1, 0.15) is 0 Å². The Kier molecular flexibility index (Phi) is 3.97. The summed E-state index contributed by atoms with van der Waals surface area (Å²) < 4.78 is 0. The second-order valence-electron chi connectivity index (χ2n) is 4.49. The third-order valence-corrected chi connectivity index (χ3v) is 3.28. The van der Waals surface area contributed by atoms with Crippen molar-refractivity contribution in [2.75, 3.05) is 32.7 Å². The van der Waals surface area contributed by atoms with E-state index in [0.717, 1.165) is 32.7 Å². The van der Waals surface area contributed by atoms with Gasteiger partial charge in [-0.2, -0.15) is 0 Å². The smallest absolute Gasteiger partial charge is 0.223 e. The van der Waals surface area contributed by atoms with Crippen LogP contribution in [0.15, 0.2) is 0 Å². The van der Waals surface area contributed by atoms with Gasteiger partial charge in [-0.3, -0.25) is 4.79 Å². The summed E-state index contributed by atoms with van der Waals surface area (Å²) >= 11 is 0. The van der Waals surface area contributed by atoms with Crippen LogP contribution < -0.4 is 10.6 Å². The van der Waals surface area contributed by atoms with E-state index in [4.69, 9.17) is 0 Å². The molecule has 1 unspecified atom stereocenters. The number of hydrogen-bond acceptors (Lipinski definition) is 3. The lowest BCUT2D eigenvalue weighted by Gasteiger charge is -2.29. The number of amides is 1. The average Bonchev–Trinajstić information content (AvgIpc) is 2.46. The zero-order chi connectivity index (χ0) is 10.5. The van der Waals surface area contributed by atoms with Gasteiger partial charge in [-0.15, -0.1) is 0 Å². The van der Waals surface area contributed by atoms with Crippen molar-refractivity contribution in [2.45, 2.75) is 31.7 Å². The first-order chi connectivity index (χ1) is 7.36. The lowest BCUT2D eigenvalue weighted by molar-refractivity contribution is -0.130. The topological polar surface area (TPSA) is 44.4 Å². The highest BCUT2D eigenvalue weighted by atomic mass is 16.2. The number of nitrogens with one attached hydrogen (secondary N) is 2. The fraction of sp³-hybridized carbons (Fsp3) is 0.909. The molecule has 15 heavy (non-hydrogen) atoms. The predicted octanol–water partition coefficient (Wildman–Crippen LogP) is -0.0496. The summed E-state index contributed by atoms with van der Waals surface area (Å²) in [4.78, 5) is 13.8. The minimum absolute atomic E-state index is 0.312. The zero-order valence-corrected chi connectivity index (χ0v) is 9.30. The van der Waals surface area contributed by atoms with Crippen LogP contribution in [0, 0.1) is 0 Å². The number of piperidine rings is 1. The van der Waals surface area contributed by atoms with Gasteiger partial charge < -0.3 is 15.5 Å². The first kappa shape index (κ1) is 10.9. The Morgan fingerprint density at radius 1 is 1.27 bits per heavy atom. The zero-order valence-electron chi connectivity index (χ0n) is 9.30. The summed E-state index contributed by atoms with van der Waals surface area (Å²) in [5, 5.41) is 6.76. The Labute approximate surface area is 91.4 Å². The molecule has 0 saturated carbocycles. The van der Waals surface area contributed by atoms with Gasteiger partial charge in [0.2, 0.25) is 5.91 Å². The Bertz CT molecular complexity index is 214. The lowest BCUT2D eigenvalue weighted by Crippen LogP contribution is -2.46. The van der Waals surface area contributed by atoms with E-state index in [-0.39, 0.29) is 0 Å². The molecule has 0 aromatic carbocycles. The van der Waals surface area contributed by atoms with E-state index in [2.05, 4.69) is 10.6 Å². The summed E-state index contributed by atoms with van der Waals surface area (Å²) in [6, 6.07) is 0.529. The molecular formula is C11H21N3O. The molecule has 0 aromatic heterocycles. The molecule has 4 nitrogen and oxygen atoms in total. The van der Waals surface area contributed by atoms with Crippen molar-refractivity contribution < 1.29 is 4.79 Å². The molecule has 2 heterocycles. The Morgan fingerprint density at radius 2 is 2.20 bits per heavy atom. The molecule has 0 aromatic rings. The van der Waals surface area contributed by atoms with Crippen LogP contribution in [0.1, 0.15) is 25.7 Å². The van der Waals surface area contributed by atoms with E-state index < -0.39 is 0 Å². The molecule has 2 saturated heterocycles. The van der Waals surface area contributed by atoms with Gasteiger partial charge in [0, 0.05) is 38.6 Å². The minimum atomic E-state index is 0.312. The van der Waals surface area contributed by atoms with Crippen LogP contribution >= 0.6 is 0 Å². The van der Waals surface area contributed by atoms with Crippen molar-refractivity contribution in [2.24, 2.45) is 0 Å². The average molecular weight is 211 g/mol. The lowest BCUT2D eigenvalue weighted by atomic mass is 10.0. The molecule has 2 aliphatic heterocycles. The van der Waals surface area contributed by atoms with Crippen LogP contribution in [0.5, 0.6) is 0 Å². The van der Waals surface area contributed by atoms with Gasteiger partial charge in [0.15, 0.2) is 0 Å². The third kappa shape index (κ3) is 3.18. The van der Waals surface area contributed by atoms with Crippen molar-refractivity contribution in [3.63, 3.8) is 0 Å². The number of nitrogens with zero attached hydrogens (tertiary/aromatic N) is 1. The molecular weight excluding hydrogens is 190 g/mol. The van der Waals surface area contributed by atoms with Crippen molar-refractivity contribution in [3.8, 4) is 0 Å². The normalized spacial score (nSPS) is 28.9. The summed E-state index contributed by atoms with van der Waals surface area (Å²) in [5.74, 6) is 0.312. The van der Waals surface area contributed by atoms with Crippen LogP contribution in [-0.4, -0.2) is 49.6 Å². The Morgan fingerprint density at radius 3 is 3.00 bits per heavy atom. The molecule has 4 heteroatoms. The van der Waals surface area contributed by atoms with Crippen LogP contribution in [0.3, 0.4) is 0 Å². The highest BCUT2D eigenvalue weighted by molar-refractivity contribution is 5.76. The third-order valence-electron chi connectivity index (χ3n) is 3.28. The highest BCUT2D eigenvalue weighted by Gasteiger charge is 2.21. The summed E-state index contributed by atoms with van der Waals surface area (Å²) in [7, 11) is 0. The van der Waals surface area contributed by atoms with Gasteiger partial charge in [0.25, 0.3) is 0 Å². The molecule has 2 rings (SSSR count). The van der Waals surface area contributed by atoms with Gasteiger partial charge in [0.05, 0.1) is 0 Å². The van der Waals surface area contributed by atoms with E-state index >= 15 is 0 Å². The monoisotopic (exact) mass is 211 g/mol. The number of hydrogen-bond donors (Lipinski definition) is 2. The van der Waals surface area contributed by atoms with Crippen molar-refractivity contribution in [1.29, 1.82) is 0 Å². The fourth-order valence-corrected chi connectivity index (χ4v) is 2.36. The Hall–Kier alpha value is -0.610. The number of carbonyl (C=O) groups is 1. The maximum Gasteiger partial charge on any atom is 0.223 e. The molecule has 1 amide bonds. The van der Waals surface area contributed by atoms with E-state index in [0.29, 0.717) is 18.4 Å². The number of carbonyl (C=O) groups excluding carboxylic acids is 1. The number of rotatable bonds is 2. The van der Waals surface area contributed by atoms with Gasteiger partial charge in [-0.1, -0.05) is 6.42 Å². The molecule has 86 valence electrons. The van der Waals surface area contributed by atoms with Crippen molar-refractivity contribution in [1.82, 2.24) is 15.5 Å². The summed E-state index contributed by atoms with van der Waals surface area (Å²) in [5.41, 5.74) is 0. The van der Waals surface area contributed by atoms with Crippen LogP contribution in [0.25, 0.3) is 0 Å². The standard InChI is InChI=1S/C11H21N3O/c15-11-4-6-12-7-8-14(11)9-10-3-1-2-5-13-10/h10,12-13H,1-9H2. The molecule has 0 spiro atoms. The first-order valence-corrected chi connectivity index (χ1v) is 6.08. The molecule has 2 N–H and O–H groups in total. The highest BCUT2D eigenvalue weighted by Crippen LogP contribution is 2.09. The van der Waals surface area contributed by atoms with E-state index in [1.165, 1.54) is 19.3 Å². The quantitative estimate of drug-likeness (QED) is 0.673. The molecule has 0 radical (unpaired) electrons. The first-order valence-electron chi connectivity index (χ1n) is 6.08. The van der Waals surface area contributed by atoms with E-state index in [1.54, 1.807) is 0 Å². The maximum atomic E-state index is 11.7. The maximum absolute atomic E-state index is 11.7. The molecule has 2 aliphatic rings. The molecule has 0 bridgehead atoms. The predicted molar refractivity (Wildman–Crippen MR) is 59.7 cm³/mol. The largest absolute Gasteiger partial charge is 0.340 e. The minimum Gasteiger partial charge on any atom is -0.340 e. The van der Waals surface area contributed by atoms with Crippen LogP contribution in [0.2, 0.25) is 0 Å². The van der Waals surface area contributed by atoms with E-state index in [9.17, 15) is 4.79 Å². The van der Waals surface area contributed by atoms with Gasteiger partial charge in [-0.25, -0.2) is 0 Å². The van der Waals surface area contributed by atoms with E-state index in [1.807, 2.05) is 4.90 Å². The second kappa shape index (κ2) is 5.47. The second-order valence-corrected chi connectivity index (χ2v) is 4.49. The van der Waals surface area contributed by atoms with Crippen LogP contribution in [-0.2, 0) is 4.79 Å². The van der Waals surface area contributed by atoms with Crippen LogP contribution in [0.4, 0.5) is 0 Å².